The number of para-hydroxylation sites is 1. The summed E-state index contributed by atoms with van der Waals surface area (Å²) in [6.45, 7) is 2.77. The standard InChI is InChI=1S/C16H15F2NO2/c1-2-21-10-11-5-3-4-6-15(11)19-16(20)13-8-7-12(17)9-14(13)18/h3-9H,2,10H2,1H3,(H,19,20). The molecule has 2 rings (SSSR count). The highest BCUT2D eigenvalue weighted by atomic mass is 19.1. The molecule has 0 saturated heterocycles. The van der Waals surface area contributed by atoms with Crippen molar-refractivity contribution in [1.29, 1.82) is 0 Å². The predicted molar refractivity (Wildman–Crippen MR) is 76.1 cm³/mol. The zero-order chi connectivity index (χ0) is 15.2. The molecule has 0 spiro atoms. The lowest BCUT2D eigenvalue weighted by atomic mass is 10.1. The van der Waals surface area contributed by atoms with Crippen LogP contribution in [0.4, 0.5) is 14.5 Å². The van der Waals surface area contributed by atoms with Crippen molar-refractivity contribution in [1.82, 2.24) is 0 Å². The minimum atomic E-state index is -0.894. The molecule has 21 heavy (non-hydrogen) atoms. The second kappa shape index (κ2) is 6.95. The van der Waals surface area contributed by atoms with Crippen molar-refractivity contribution in [2.45, 2.75) is 13.5 Å². The Balaban J connectivity index is 2.19. The van der Waals surface area contributed by atoms with Crippen LogP contribution in [-0.4, -0.2) is 12.5 Å². The molecule has 0 unspecified atom stereocenters. The van der Waals surface area contributed by atoms with Crippen molar-refractivity contribution in [3.63, 3.8) is 0 Å². The third-order valence-corrected chi connectivity index (χ3v) is 2.90. The molecule has 5 heteroatoms. The number of halogens is 2. The molecule has 0 aromatic heterocycles. The Morgan fingerprint density at radius 2 is 1.95 bits per heavy atom. The van der Waals surface area contributed by atoms with Gasteiger partial charge in [0.1, 0.15) is 11.6 Å². The van der Waals surface area contributed by atoms with Crippen LogP contribution in [0.25, 0.3) is 0 Å². The van der Waals surface area contributed by atoms with Crippen molar-refractivity contribution in [2.24, 2.45) is 0 Å². The number of hydrogen-bond acceptors (Lipinski definition) is 2. The number of ether oxygens (including phenoxy) is 1. The van der Waals surface area contributed by atoms with E-state index in [-0.39, 0.29) is 5.56 Å². The minimum Gasteiger partial charge on any atom is -0.377 e. The summed E-state index contributed by atoms with van der Waals surface area (Å²) in [6, 6.07) is 9.94. The van der Waals surface area contributed by atoms with Gasteiger partial charge in [-0.05, 0) is 25.1 Å². The Morgan fingerprint density at radius 3 is 2.67 bits per heavy atom. The first-order valence-electron chi connectivity index (χ1n) is 6.54. The van der Waals surface area contributed by atoms with Crippen molar-refractivity contribution < 1.29 is 18.3 Å². The van der Waals surface area contributed by atoms with Gasteiger partial charge < -0.3 is 10.1 Å². The van der Waals surface area contributed by atoms with Gasteiger partial charge in [0.15, 0.2) is 0 Å². The smallest absolute Gasteiger partial charge is 0.258 e. The Hall–Kier alpha value is -2.27. The predicted octanol–water partition coefficient (Wildman–Crippen LogP) is 3.75. The molecular formula is C16H15F2NO2. The maximum atomic E-state index is 13.6. The van der Waals surface area contributed by atoms with Crippen molar-refractivity contribution in [3.05, 3.63) is 65.2 Å². The lowest BCUT2D eigenvalue weighted by Gasteiger charge is -2.11. The Morgan fingerprint density at radius 1 is 1.19 bits per heavy atom. The third kappa shape index (κ3) is 3.86. The highest BCUT2D eigenvalue weighted by Crippen LogP contribution is 2.18. The van der Waals surface area contributed by atoms with Gasteiger partial charge >= 0.3 is 0 Å². The SMILES string of the molecule is CCOCc1ccccc1NC(=O)c1ccc(F)cc1F. The van der Waals surface area contributed by atoms with Crippen molar-refractivity contribution in [3.8, 4) is 0 Å². The summed E-state index contributed by atoms with van der Waals surface area (Å²) in [5.41, 5.74) is 1.12. The number of rotatable bonds is 5. The van der Waals surface area contributed by atoms with Gasteiger partial charge in [-0.3, -0.25) is 4.79 Å². The fourth-order valence-electron chi connectivity index (χ4n) is 1.84. The highest BCUT2D eigenvalue weighted by Gasteiger charge is 2.14. The summed E-state index contributed by atoms with van der Waals surface area (Å²) in [5, 5.41) is 2.61. The molecule has 3 nitrogen and oxygen atoms in total. The maximum Gasteiger partial charge on any atom is 0.258 e. The van der Waals surface area contributed by atoms with Gasteiger partial charge in [-0.2, -0.15) is 0 Å². The van der Waals surface area contributed by atoms with Gasteiger partial charge in [-0.25, -0.2) is 8.78 Å². The summed E-state index contributed by atoms with van der Waals surface area (Å²) >= 11 is 0. The number of carbonyl (C=O) groups is 1. The van der Waals surface area contributed by atoms with Gasteiger partial charge in [0.2, 0.25) is 0 Å². The van der Waals surface area contributed by atoms with Gasteiger partial charge in [-0.1, -0.05) is 18.2 Å². The molecule has 1 N–H and O–H groups in total. The average molecular weight is 291 g/mol. The van der Waals surface area contributed by atoms with Crippen LogP contribution in [0.15, 0.2) is 42.5 Å². The number of anilines is 1. The molecule has 0 radical (unpaired) electrons. The van der Waals surface area contributed by atoms with Crippen LogP contribution in [0.5, 0.6) is 0 Å². The molecule has 0 aliphatic heterocycles. The molecule has 2 aromatic carbocycles. The molecule has 0 aliphatic rings. The quantitative estimate of drug-likeness (QED) is 0.911. The summed E-state index contributed by atoms with van der Waals surface area (Å²) in [5.74, 6) is -2.24. The maximum absolute atomic E-state index is 13.6. The number of carbonyl (C=O) groups excluding carboxylic acids is 1. The topological polar surface area (TPSA) is 38.3 Å². The summed E-state index contributed by atoms with van der Waals surface area (Å²) in [4.78, 5) is 12.1. The molecule has 0 aliphatic carbocycles. The van der Waals surface area contributed by atoms with Crippen LogP contribution >= 0.6 is 0 Å². The van der Waals surface area contributed by atoms with Crippen molar-refractivity contribution in [2.75, 3.05) is 11.9 Å². The van der Waals surface area contributed by atoms with E-state index in [2.05, 4.69) is 5.32 Å². The fourth-order valence-corrected chi connectivity index (χ4v) is 1.84. The van der Waals surface area contributed by atoms with Crippen LogP contribution < -0.4 is 5.32 Å². The summed E-state index contributed by atoms with van der Waals surface area (Å²) in [6.07, 6.45) is 0. The molecule has 2 aromatic rings. The third-order valence-electron chi connectivity index (χ3n) is 2.90. The van der Waals surface area contributed by atoms with E-state index in [4.69, 9.17) is 4.74 Å². The molecule has 0 saturated carbocycles. The van der Waals surface area contributed by atoms with E-state index in [0.29, 0.717) is 25.0 Å². The molecular weight excluding hydrogens is 276 g/mol. The zero-order valence-electron chi connectivity index (χ0n) is 11.5. The van der Waals surface area contributed by atoms with E-state index in [9.17, 15) is 13.6 Å². The van der Waals surface area contributed by atoms with E-state index in [1.165, 1.54) is 0 Å². The van der Waals surface area contributed by atoms with Crippen LogP contribution in [0.3, 0.4) is 0 Å². The first-order valence-corrected chi connectivity index (χ1v) is 6.54. The molecule has 0 bridgehead atoms. The van der Waals surface area contributed by atoms with E-state index in [1.807, 2.05) is 19.1 Å². The Kier molecular flexibility index (Phi) is 5.00. The number of hydrogen-bond donors (Lipinski definition) is 1. The van der Waals surface area contributed by atoms with E-state index < -0.39 is 17.5 Å². The van der Waals surface area contributed by atoms with Gasteiger partial charge in [-0.15, -0.1) is 0 Å². The largest absolute Gasteiger partial charge is 0.377 e. The molecule has 1 amide bonds. The highest BCUT2D eigenvalue weighted by molar-refractivity contribution is 6.04. The lowest BCUT2D eigenvalue weighted by Crippen LogP contribution is -2.15. The first kappa shape index (κ1) is 15.1. The average Bonchev–Trinajstić information content (AvgIpc) is 2.46. The Bertz CT molecular complexity index is 644. The zero-order valence-corrected chi connectivity index (χ0v) is 11.5. The van der Waals surface area contributed by atoms with E-state index in [0.717, 1.165) is 17.7 Å². The van der Waals surface area contributed by atoms with E-state index >= 15 is 0 Å². The van der Waals surface area contributed by atoms with Crippen LogP contribution in [0.2, 0.25) is 0 Å². The van der Waals surface area contributed by atoms with Gasteiger partial charge in [0.05, 0.1) is 12.2 Å². The van der Waals surface area contributed by atoms with Crippen LogP contribution in [-0.2, 0) is 11.3 Å². The lowest BCUT2D eigenvalue weighted by molar-refractivity contribution is 0.102. The normalized spacial score (nSPS) is 10.4. The molecule has 0 atom stereocenters. The van der Waals surface area contributed by atoms with Gasteiger partial charge in [0.25, 0.3) is 5.91 Å². The van der Waals surface area contributed by atoms with Crippen LogP contribution in [0, 0.1) is 11.6 Å². The van der Waals surface area contributed by atoms with Crippen molar-refractivity contribution >= 4 is 11.6 Å². The summed E-state index contributed by atoms with van der Waals surface area (Å²) < 4.78 is 31.7. The monoisotopic (exact) mass is 291 g/mol. The first-order chi connectivity index (χ1) is 10.1. The number of amides is 1. The van der Waals surface area contributed by atoms with Crippen LogP contribution in [0.1, 0.15) is 22.8 Å². The van der Waals surface area contributed by atoms with Gasteiger partial charge in [0, 0.05) is 23.9 Å². The second-order valence-electron chi connectivity index (χ2n) is 4.37. The number of benzene rings is 2. The fraction of sp³-hybridized carbons (Fsp3) is 0.188. The summed E-state index contributed by atoms with van der Waals surface area (Å²) in [7, 11) is 0. The number of nitrogens with one attached hydrogen (secondary N) is 1. The Labute approximate surface area is 121 Å². The molecule has 0 fully saturated rings. The second-order valence-corrected chi connectivity index (χ2v) is 4.37. The molecule has 0 heterocycles. The molecule has 110 valence electrons. The minimum absolute atomic E-state index is 0.206. The van der Waals surface area contributed by atoms with E-state index in [1.54, 1.807) is 12.1 Å².